The zero-order valence-corrected chi connectivity index (χ0v) is 20.1. The summed E-state index contributed by atoms with van der Waals surface area (Å²) in [7, 11) is 0. The van der Waals surface area contributed by atoms with Crippen molar-refractivity contribution in [1.82, 2.24) is 30.2 Å². The number of urea groups is 1. The van der Waals surface area contributed by atoms with E-state index in [-0.39, 0.29) is 17.8 Å². The zero-order chi connectivity index (χ0) is 24.9. The highest BCUT2D eigenvalue weighted by atomic mass is 16.5. The van der Waals surface area contributed by atoms with Crippen molar-refractivity contribution in [3.63, 3.8) is 0 Å². The van der Waals surface area contributed by atoms with Gasteiger partial charge in [-0.3, -0.25) is 4.79 Å². The van der Waals surface area contributed by atoms with Crippen LogP contribution in [0.2, 0.25) is 0 Å². The van der Waals surface area contributed by atoms with Gasteiger partial charge in [0.2, 0.25) is 5.82 Å². The Morgan fingerprint density at radius 3 is 2.50 bits per heavy atom. The van der Waals surface area contributed by atoms with Crippen molar-refractivity contribution >= 4 is 23.4 Å². The van der Waals surface area contributed by atoms with E-state index in [1.165, 1.54) is 0 Å². The quantitative estimate of drug-likeness (QED) is 0.559. The summed E-state index contributed by atoms with van der Waals surface area (Å²) < 4.78 is 5.55. The van der Waals surface area contributed by atoms with Gasteiger partial charge in [0.25, 0.3) is 5.91 Å². The monoisotopic (exact) mass is 488 g/mol. The highest BCUT2D eigenvalue weighted by molar-refractivity contribution is 5.90. The first kappa shape index (κ1) is 23.6. The van der Waals surface area contributed by atoms with Crippen LogP contribution in [-0.2, 0) is 17.7 Å². The number of hydrogen-bond acceptors (Lipinski definition) is 8. The van der Waals surface area contributed by atoms with Crippen molar-refractivity contribution in [2.75, 3.05) is 49.6 Å². The summed E-state index contributed by atoms with van der Waals surface area (Å²) in [4.78, 5) is 46.9. The normalized spacial score (nSPS) is 15.2. The summed E-state index contributed by atoms with van der Waals surface area (Å²) >= 11 is 0. The summed E-state index contributed by atoms with van der Waals surface area (Å²) in [5.74, 6) is 1.44. The van der Waals surface area contributed by atoms with Gasteiger partial charge in [-0.15, -0.1) is 0 Å². The fourth-order valence-electron chi connectivity index (χ4n) is 4.34. The van der Waals surface area contributed by atoms with Crippen LogP contribution in [-0.4, -0.2) is 76.2 Å². The molecule has 3 amide bonds. The molecule has 0 spiro atoms. The second-order valence-electron chi connectivity index (χ2n) is 8.51. The maximum absolute atomic E-state index is 13.0. The molecule has 2 aliphatic rings. The third-order valence-corrected chi connectivity index (χ3v) is 6.14. The Hall–Kier alpha value is -4.12. The van der Waals surface area contributed by atoms with Gasteiger partial charge in [-0.2, -0.15) is 0 Å². The fourth-order valence-corrected chi connectivity index (χ4v) is 4.34. The first-order valence-corrected chi connectivity index (χ1v) is 12.1. The Morgan fingerprint density at radius 2 is 1.78 bits per heavy atom. The van der Waals surface area contributed by atoms with Crippen molar-refractivity contribution in [3.05, 3.63) is 59.8 Å². The lowest BCUT2D eigenvalue weighted by Crippen LogP contribution is -2.41. The number of hydrogen-bond donors (Lipinski definition) is 2. The fraction of sp³-hybridized carbons (Fsp3) is 0.360. The van der Waals surface area contributed by atoms with E-state index >= 15 is 0 Å². The molecule has 36 heavy (non-hydrogen) atoms. The first-order valence-electron chi connectivity index (χ1n) is 12.1. The van der Waals surface area contributed by atoms with Crippen LogP contribution >= 0.6 is 0 Å². The van der Waals surface area contributed by atoms with Gasteiger partial charge in [-0.25, -0.2) is 24.7 Å². The highest BCUT2D eigenvalue weighted by Crippen LogP contribution is 2.30. The number of ether oxygens (including phenoxy) is 1. The number of carbonyl (C=O) groups excluding carboxylic acids is 2. The SMILES string of the molecule is CCNC(=O)Nc1ccc(-c2nc3c(c(N4CCOCC4)n2)CCN(C(=O)c2ncccn2)C3)cc1. The van der Waals surface area contributed by atoms with E-state index in [2.05, 4.69) is 25.5 Å². The van der Waals surface area contributed by atoms with Gasteiger partial charge in [0.1, 0.15) is 5.82 Å². The van der Waals surface area contributed by atoms with E-state index in [4.69, 9.17) is 14.7 Å². The van der Waals surface area contributed by atoms with E-state index in [1.54, 1.807) is 23.4 Å². The van der Waals surface area contributed by atoms with Gasteiger partial charge in [0.15, 0.2) is 5.82 Å². The van der Waals surface area contributed by atoms with Crippen molar-refractivity contribution in [2.24, 2.45) is 0 Å². The lowest BCUT2D eigenvalue weighted by molar-refractivity contribution is 0.0719. The number of carbonyl (C=O) groups is 2. The summed E-state index contributed by atoms with van der Waals surface area (Å²) in [6.45, 7) is 6.10. The Balaban J connectivity index is 1.46. The Bertz CT molecular complexity index is 1230. The number of aromatic nitrogens is 4. The lowest BCUT2D eigenvalue weighted by Gasteiger charge is -2.34. The van der Waals surface area contributed by atoms with Crippen LogP contribution in [0.25, 0.3) is 11.4 Å². The molecule has 3 aromatic rings. The van der Waals surface area contributed by atoms with Crippen molar-refractivity contribution in [2.45, 2.75) is 19.9 Å². The molecule has 0 unspecified atom stereocenters. The van der Waals surface area contributed by atoms with Gasteiger partial charge in [0, 0.05) is 55.4 Å². The van der Waals surface area contributed by atoms with Gasteiger partial charge in [-0.1, -0.05) is 0 Å². The van der Waals surface area contributed by atoms with Crippen molar-refractivity contribution in [3.8, 4) is 11.4 Å². The minimum Gasteiger partial charge on any atom is -0.378 e. The molecule has 1 fully saturated rings. The topological polar surface area (TPSA) is 125 Å². The molecule has 2 aromatic heterocycles. The first-order chi connectivity index (χ1) is 17.6. The standard InChI is InChI=1S/C25H28N8O3/c1-2-26-25(35)29-18-6-4-17(5-7-18)21-30-20-16-33(24(34)22-27-9-3-10-28-22)11-8-19(20)23(31-21)32-12-14-36-15-13-32/h3-7,9-10H,2,8,11-16H2,1H3,(H2,26,29,35). The smallest absolute Gasteiger partial charge is 0.319 e. The van der Waals surface area contributed by atoms with Crippen LogP contribution in [0.3, 0.4) is 0 Å². The number of rotatable bonds is 5. The minimum absolute atomic E-state index is 0.179. The summed E-state index contributed by atoms with van der Waals surface area (Å²) in [5, 5.41) is 5.51. The van der Waals surface area contributed by atoms with E-state index in [9.17, 15) is 9.59 Å². The van der Waals surface area contributed by atoms with Crippen LogP contribution in [0, 0.1) is 0 Å². The number of anilines is 2. The number of nitrogens with zero attached hydrogens (tertiary/aromatic N) is 6. The maximum atomic E-state index is 13.0. The second-order valence-corrected chi connectivity index (χ2v) is 8.51. The molecule has 0 radical (unpaired) electrons. The molecule has 5 rings (SSSR count). The molecule has 0 saturated carbocycles. The van der Waals surface area contributed by atoms with Crippen molar-refractivity contribution < 1.29 is 14.3 Å². The van der Waals surface area contributed by atoms with E-state index in [0.29, 0.717) is 50.8 Å². The largest absolute Gasteiger partial charge is 0.378 e. The van der Waals surface area contributed by atoms with Crippen LogP contribution < -0.4 is 15.5 Å². The maximum Gasteiger partial charge on any atom is 0.319 e. The average molecular weight is 489 g/mol. The number of nitrogens with one attached hydrogen (secondary N) is 2. The molecule has 1 aromatic carbocycles. The molecule has 4 heterocycles. The minimum atomic E-state index is -0.253. The van der Waals surface area contributed by atoms with E-state index in [1.807, 2.05) is 31.2 Å². The lowest BCUT2D eigenvalue weighted by atomic mass is 10.0. The second kappa shape index (κ2) is 10.6. The Kier molecular flexibility index (Phi) is 6.99. The number of fused-ring (bicyclic) bond motifs is 1. The van der Waals surface area contributed by atoms with Crippen LogP contribution in [0.15, 0.2) is 42.7 Å². The molecule has 186 valence electrons. The highest BCUT2D eigenvalue weighted by Gasteiger charge is 2.29. The third kappa shape index (κ3) is 5.10. The zero-order valence-electron chi connectivity index (χ0n) is 20.1. The summed E-state index contributed by atoms with van der Waals surface area (Å²) in [6, 6.07) is 8.85. The Labute approximate surface area is 208 Å². The molecule has 2 N–H and O–H groups in total. The Morgan fingerprint density at radius 1 is 1.03 bits per heavy atom. The molecule has 11 nitrogen and oxygen atoms in total. The predicted molar refractivity (Wildman–Crippen MR) is 134 cm³/mol. The third-order valence-electron chi connectivity index (χ3n) is 6.14. The summed E-state index contributed by atoms with van der Waals surface area (Å²) in [5.41, 5.74) is 3.38. The molecule has 2 aliphatic heterocycles. The number of morpholine rings is 1. The molecule has 11 heteroatoms. The predicted octanol–water partition coefficient (Wildman–Crippen LogP) is 2.11. The van der Waals surface area contributed by atoms with Gasteiger partial charge in [-0.05, 0) is 43.7 Å². The van der Waals surface area contributed by atoms with E-state index < -0.39 is 0 Å². The molecular weight excluding hydrogens is 460 g/mol. The van der Waals surface area contributed by atoms with Gasteiger partial charge < -0.3 is 25.2 Å². The summed E-state index contributed by atoms with van der Waals surface area (Å²) in [6.07, 6.45) is 3.79. The van der Waals surface area contributed by atoms with Crippen LogP contribution in [0.4, 0.5) is 16.3 Å². The molecular formula is C25H28N8O3. The van der Waals surface area contributed by atoms with Crippen LogP contribution in [0.5, 0.6) is 0 Å². The van der Waals surface area contributed by atoms with Gasteiger partial charge in [0.05, 0.1) is 25.5 Å². The number of benzene rings is 1. The molecule has 0 aliphatic carbocycles. The van der Waals surface area contributed by atoms with Crippen molar-refractivity contribution in [1.29, 1.82) is 0 Å². The molecule has 0 atom stereocenters. The van der Waals surface area contributed by atoms with Crippen LogP contribution in [0.1, 0.15) is 28.8 Å². The number of amides is 3. The van der Waals surface area contributed by atoms with Gasteiger partial charge >= 0.3 is 6.03 Å². The van der Waals surface area contributed by atoms with E-state index in [0.717, 1.165) is 35.7 Å². The average Bonchev–Trinajstić information content (AvgIpc) is 2.93. The molecule has 1 saturated heterocycles. The molecule has 0 bridgehead atoms.